The molecule has 0 radical (unpaired) electrons. The van der Waals surface area contributed by atoms with E-state index in [-0.39, 0.29) is 0 Å². The summed E-state index contributed by atoms with van der Waals surface area (Å²) in [6.45, 7) is 3.14. The lowest BCUT2D eigenvalue weighted by Gasteiger charge is -1.99. The number of aromatic nitrogens is 3. The Morgan fingerprint density at radius 3 is 3.08 bits per heavy atom. The number of imidazole rings is 1. The zero-order valence-electron chi connectivity index (χ0n) is 7.37. The number of hydrogen-bond acceptors (Lipinski definition) is 2. The standard InChI is InChI=1S/C9H10BrN3/c1-2-3-13-6-12-9-7(10)4-11-5-8(9)13/h4-6H,2-3H2,1H3. The van der Waals surface area contributed by atoms with Gasteiger partial charge in [-0.2, -0.15) is 0 Å². The Morgan fingerprint density at radius 2 is 2.31 bits per heavy atom. The SMILES string of the molecule is CCCn1cnc2c(Br)cncc21. The number of halogens is 1. The van der Waals surface area contributed by atoms with Crippen LogP contribution in [0.25, 0.3) is 11.0 Å². The first kappa shape index (κ1) is 8.69. The maximum Gasteiger partial charge on any atom is 0.106 e. The van der Waals surface area contributed by atoms with Gasteiger partial charge in [-0.3, -0.25) is 4.98 Å². The number of rotatable bonds is 2. The normalized spacial score (nSPS) is 10.9. The molecule has 13 heavy (non-hydrogen) atoms. The second kappa shape index (κ2) is 3.46. The Labute approximate surface area is 84.9 Å². The fourth-order valence-electron chi connectivity index (χ4n) is 1.36. The molecule has 0 amide bonds. The second-order valence-electron chi connectivity index (χ2n) is 2.93. The van der Waals surface area contributed by atoms with E-state index < -0.39 is 0 Å². The van der Waals surface area contributed by atoms with E-state index in [0.717, 1.165) is 28.5 Å². The summed E-state index contributed by atoms with van der Waals surface area (Å²) in [5.41, 5.74) is 2.08. The van der Waals surface area contributed by atoms with Crippen LogP contribution in [0.3, 0.4) is 0 Å². The van der Waals surface area contributed by atoms with Crippen LogP contribution in [0, 0.1) is 0 Å². The highest BCUT2D eigenvalue weighted by molar-refractivity contribution is 9.10. The van der Waals surface area contributed by atoms with Crippen LogP contribution in [0.5, 0.6) is 0 Å². The van der Waals surface area contributed by atoms with Crippen molar-refractivity contribution in [1.29, 1.82) is 0 Å². The topological polar surface area (TPSA) is 30.7 Å². The molecule has 0 fully saturated rings. The lowest BCUT2D eigenvalue weighted by molar-refractivity contribution is 0.696. The zero-order chi connectivity index (χ0) is 9.26. The highest BCUT2D eigenvalue weighted by Crippen LogP contribution is 2.20. The molecule has 68 valence electrons. The quantitative estimate of drug-likeness (QED) is 0.807. The van der Waals surface area contributed by atoms with Gasteiger partial charge in [0, 0.05) is 12.7 Å². The first-order valence-corrected chi connectivity index (χ1v) is 5.06. The van der Waals surface area contributed by atoms with E-state index in [1.54, 1.807) is 6.20 Å². The first-order valence-electron chi connectivity index (χ1n) is 4.27. The fraction of sp³-hybridized carbons (Fsp3) is 0.333. The summed E-state index contributed by atoms with van der Waals surface area (Å²) < 4.78 is 3.08. The van der Waals surface area contributed by atoms with E-state index in [9.17, 15) is 0 Å². The Morgan fingerprint density at radius 1 is 1.46 bits per heavy atom. The zero-order valence-corrected chi connectivity index (χ0v) is 8.95. The van der Waals surface area contributed by atoms with Crippen LogP contribution in [0.2, 0.25) is 0 Å². The summed E-state index contributed by atoms with van der Waals surface area (Å²) in [7, 11) is 0. The molecule has 0 atom stereocenters. The van der Waals surface area contributed by atoms with Gasteiger partial charge in [0.2, 0.25) is 0 Å². The van der Waals surface area contributed by atoms with Crippen molar-refractivity contribution in [2.75, 3.05) is 0 Å². The average Bonchev–Trinajstić information content (AvgIpc) is 2.51. The molecular formula is C9H10BrN3. The molecule has 2 rings (SSSR count). The van der Waals surface area contributed by atoms with Gasteiger partial charge in [-0.25, -0.2) is 4.98 Å². The van der Waals surface area contributed by atoms with Gasteiger partial charge in [-0.1, -0.05) is 6.92 Å². The summed E-state index contributed by atoms with van der Waals surface area (Å²) in [5, 5.41) is 0. The smallest absolute Gasteiger partial charge is 0.106 e. The minimum Gasteiger partial charge on any atom is -0.329 e. The van der Waals surface area contributed by atoms with Gasteiger partial charge < -0.3 is 4.57 Å². The maximum absolute atomic E-state index is 4.31. The van der Waals surface area contributed by atoms with E-state index in [2.05, 4.69) is 37.4 Å². The van der Waals surface area contributed by atoms with Crippen molar-refractivity contribution in [3.05, 3.63) is 23.2 Å². The predicted octanol–water partition coefficient (Wildman–Crippen LogP) is 2.60. The van der Waals surface area contributed by atoms with E-state index in [4.69, 9.17) is 0 Å². The van der Waals surface area contributed by atoms with Gasteiger partial charge in [0.25, 0.3) is 0 Å². The van der Waals surface area contributed by atoms with Crippen molar-refractivity contribution < 1.29 is 0 Å². The van der Waals surface area contributed by atoms with Gasteiger partial charge in [-0.15, -0.1) is 0 Å². The number of fused-ring (bicyclic) bond motifs is 1. The predicted molar refractivity (Wildman–Crippen MR) is 55.5 cm³/mol. The Kier molecular flexibility index (Phi) is 2.31. The molecule has 4 heteroatoms. The molecule has 0 spiro atoms. The maximum atomic E-state index is 4.31. The third-order valence-corrected chi connectivity index (χ3v) is 2.53. The molecule has 0 saturated carbocycles. The van der Waals surface area contributed by atoms with Gasteiger partial charge >= 0.3 is 0 Å². The van der Waals surface area contributed by atoms with E-state index in [0.29, 0.717) is 0 Å². The minimum atomic E-state index is 0.958. The van der Waals surface area contributed by atoms with Crippen LogP contribution >= 0.6 is 15.9 Å². The van der Waals surface area contributed by atoms with Gasteiger partial charge in [0.05, 0.1) is 22.5 Å². The molecule has 0 aliphatic rings. The summed E-state index contributed by atoms with van der Waals surface area (Å²) in [6, 6.07) is 0. The van der Waals surface area contributed by atoms with Gasteiger partial charge in [0.15, 0.2) is 0 Å². The third-order valence-electron chi connectivity index (χ3n) is 1.95. The minimum absolute atomic E-state index is 0.958. The molecule has 3 nitrogen and oxygen atoms in total. The monoisotopic (exact) mass is 239 g/mol. The van der Waals surface area contributed by atoms with E-state index in [1.165, 1.54) is 0 Å². The van der Waals surface area contributed by atoms with Crippen LogP contribution in [-0.2, 0) is 6.54 Å². The molecule has 0 aromatic carbocycles. The second-order valence-corrected chi connectivity index (χ2v) is 3.78. The van der Waals surface area contributed by atoms with Crippen LogP contribution in [0.1, 0.15) is 13.3 Å². The van der Waals surface area contributed by atoms with Crippen molar-refractivity contribution in [2.45, 2.75) is 19.9 Å². The molecule has 2 aromatic heterocycles. The molecule has 0 saturated heterocycles. The summed E-state index contributed by atoms with van der Waals surface area (Å²) >= 11 is 3.42. The van der Waals surface area contributed by atoms with Crippen LogP contribution in [-0.4, -0.2) is 14.5 Å². The molecule has 0 aliphatic heterocycles. The molecule has 0 N–H and O–H groups in total. The van der Waals surface area contributed by atoms with Gasteiger partial charge in [-0.05, 0) is 22.4 Å². The van der Waals surface area contributed by atoms with E-state index >= 15 is 0 Å². The molecule has 0 unspecified atom stereocenters. The summed E-state index contributed by atoms with van der Waals surface area (Å²) in [5.74, 6) is 0. The molecular weight excluding hydrogens is 230 g/mol. The van der Waals surface area contributed by atoms with Crippen LogP contribution in [0.15, 0.2) is 23.2 Å². The number of pyridine rings is 1. The summed E-state index contributed by atoms with van der Waals surface area (Å²) in [4.78, 5) is 8.43. The molecule has 2 heterocycles. The Hall–Kier alpha value is -0.900. The van der Waals surface area contributed by atoms with Crippen molar-refractivity contribution in [3.63, 3.8) is 0 Å². The average molecular weight is 240 g/mol. The molecule has 2 aromatic rings. The Bertz CT molecular complexity index is 422. The number of hydrogen-bond donors (Lipinski definition) is 0. The van der Waals surface area contributed by atoms with Crippen molar-refractivity contribution in [2.24, 2.45) is 0 Å². The van der Waals surface area contributed by atoms with Crippen molar-refractivity contribution in [3.8, 4) is 0 Å². The van der Waals surface area contributed by atoms with Crippen LogP contribution in [0.4, 0.5) is 0 Å². The third kappa shape index (κ3) is 1.46. The van der Waals surface area contributed by atoms with Crippen molar-refractivity contribution >= 4 is 27.0 Å². The van der Waals surface area contributed by atoms with Crippen molar-refractivity contribution in [1.82, 2.24) is 14.5 Å². The molecule has 0 bridgehead atoms. The lowest BCUT2D eigenvalue weighted by atomic mass is 10.4. The summed E-state index contributed by atoms with van der Waals surface area (Å²) in [6.07, 6.45) is 6.59. The highest BCUT2D eigenvalue weighted by atomic mass is 79.9. The highest BCUT2D eigenvalue weighted by Gasteiger charge is 2.04. The van der Waals surface area contributed by atoms with E-state index in [1.807, 2.05) is 12.5 Å². The number of nitrogens with zero attached hydrogens (tertiary/aromatic N) is 3. The van der Waals surface area contributed by atoms with Gasteiger partial charge in [0.1, 0.15) is 5.52 Å². The largest absolute Gasteiger partial charge is 0.329 e. The molecule has 0 aliphatic carbocycles. The Balaban J connectivity index is 2.61. The van der Waals surface area contributed by atoms with Crippen LogP contribution < -0.4 is 0 Å². The lowest BCUT2D eigenvalue weighted by Crippen LogP contribution is -1.93. The fourth-order valence-corrected chi connectivity index (χ4v) is 1.79. The first-order chi connectivity index (χ1) is 6.33. The number of aryl methyl sites for hydroxylation is 1.